The number of sulfone groups is 1. The fraction of sp³-hybridized carbons (Fsp3) is 0.538. The fourth-order valence-electron chi connectivity index (χ4n) is 2.31. The summed E-state index contributed by atoms with van der Waals surface area (Å²) < 4.78 is 34.1. The third-order valence-electron chi connectivity index (χ3n) is 3.70. The summed E-state index contributed by atoms with van der Waals surface area (Å²) in [6, 6.07) is 3.27. The number of rotatable bonds is 5. The topological polar surface area (TPSA) is 78.6 Å². The minimum absolute atomic E-state index is 0.0886. The first-order valence-electron chi connectivity index (χ1n) is 6.04. The molecule has 1 aromatic carbocycles. The Bertz CT molecular complexity index is 591. The molecule has 0 radical (unpaired) electrons. The molecular formula is C13H19NO4S. The molecule has 1 fully saturated rings. The van der Waals surface area contributed by atoms with Gasteiger partial charge in [-0.25, -0.2) is 8.42 Å². The van der Waals surface area contributed by atoms with Crippen molar-refractivity contribution < 1.29 is 17.9 Å². The van der Waals surface area contributed by atoms with E-state index in [0.29, 0.717) is 18.0 Å². The van der Waals surface area contributed by atoms with Crippen LogP contribution >= 0.6 is 0 Å². The van der Waals surface area contributed by atoms with Gasteiger partial charge in [0.15, 0.2) is 9.84 Å². The molecule has 2 N–H and O–H groups in total. The van der Waals surface area contributed by atoms with Crippen molar-refractivity contribution in [3.63, 3.8) is 0 Å². The molecule has 0 spiro atoms. The minimum Gasteiger partial charge on any atom is -0.496 e. The number of methoxy groups -OCH3 is 2. The summed E-state index contributed by atoms with van der Waals surface area (Å²) in [7, 11) is -0.371. The van der Waals surface area contributed by atoms with Crippen LogP contribution in [0.4, 0.5) is 0 Å². The maximum absolute atomic E-state index is 11.8. The minimum atomic E-state index is -3.36. The van der Waals surface area contributed by atoms with E-state index >= 15 is 0 Å². The highest BCUT2D eigenvalue weighted by atomic mass is 32.2. The quantitative estimate of drug-likeness (QED) is 0.876. The van der Waals surface area contributed by atoms with Crippen molar-refractivity contribution >= 4 is 9.84 Å². The van der Waals surface area contributed by atoms with Crippen molar-refractivity contribution in [1.82, 2.24) is 0 Å². The Morgan fingerprint density at radius 3 is 2.16 bits per heavy atom. The first-order valence-corrected chi connectivity index (χ1v) is 7.94. The Morgan fingerprint density at radius 2 is 1.79 bits per heavy atom. The number of hydrogen-bond acceptors (Lipinski definition) is 5. The molecule has 6 heteroatoms. The Morgan fingerprint density at radius 1 is 1.21 bits per heavy atom. The molecule has 1 aromatic rings. The summed E-state index contributed by atoms with van der Waals surface area (Å²) in [6.45, 7) is 0.519. The van der Waals surface area contributed by atoms with E-state index in [9.17, 15) is 8.42 Å². The second kappa shape index (κ2) is 4.68. The van der Waals surface area contributed by atoms with Gasteiger partial charge in [-0.3, -0.25) is 0 Å². The molecule has 0 amide bonds. The van der Waals surface area contributed by atoms with Gasteiger partial charge >= 0.3 is 0 Å². The Kier molecular flexibility index (Phi) is 3.49. The molecule has 0 saturated heterocycles. The van der Waals surface area contributed by atoms with Gasteiger partial charge in [-0.1, -0.05) is 0 Å². The molecule has 2 rings (SSSR count). The first kappa shape index (κ1) is 14.1. The van der Waals surface area contributed by atoms with Gasteiger partial charge in [-0.15, -0.1) is 0 Å². The molecule has 1 aliphatic rings. The van der Waals surface area contributed by atoms with E-state index in [-0.39, 0.29) is 10.3 Å². The van der Waals surface area contributed by atoms with Crippen molar-refractivity contribution in [2.75, 3.05) is 27.0 Å². The molecule has 0 bridgehead atoms. The molecule has 0 aromatic heterocycles. The summed E-state index contributed by atoms with van der Waals surface area (Å²) in [6.07, 6.45) is 3.13. The smallest absolute Gasteiger partial charge is 0.179 e. The van der Waals surface area contributed by atoms with Crippen LogP contribution in [0.25, 0.3) is 0 Å². The Hall–Kier alpha value is -1.27. The first-order chi connectivity index (χ1) is 8.88. The zero-order valence-corrected chi connectivity index (χ0v) is 12.2. The van der Waals surface area contributed by atoms with E-state index < -0.39 is 9.84 Å². The second-order valence-corrected chi connectivity index (χ2v) is 6.94. The highest BCUT2D eigenvalue weighted by molar-refractivity contribution is 7.90. The average molecular weight is 285 g/mol. The van der Waals surface area contributed by atoms with Crippen LogP contribution < -0.4 is 15.2 Å². The highest BCUT2D eigenvalue weighted by Crippen LogP contribution is 2.52. The third-order valence-corrected chi connectivity index (χ3v) is 4.82. The van der Waals surface area contributed by atoms with Crippen molar-refractivity contribution in [2.45, 2.75) is 23.2 Å². The van der Waals surface area contributed by atoms with Crippen LogP contribution in [0.2, 0.25) is 0 Å². The number of ether oxygens (including phenoxy) is 2. The van der Waals surface area contributed by atoms with Gasteiger partial charge < -0.3 is 15.2 Å². The maximum Gasteiger partial charge on any atom is 0.179 e. The number of nitrogens with two attached hydrogens (primary N) is 1. The normalized spacial score (nSPS) is 17.1. The number of hydrogen-bond donors (Lipinski definition) is 1. The van der Waals surface area contributed by atoms with Gasteiger partial charge in [0.05, 0.1) is 14.2 Å². The molecule has 106 valence electrons. The van der Waals surface area contributed by atoms with Crippen LogP contribution in [0.1, 0.15) is 18.4 Å². The van der Waals surface area contributed by atoms with E-state index in [4.69, 9.17) is 15.2 Å². The van der Waals surface area contributed by atoms with Crippen molar-refractivity contribution in [3.05, 3.63) is 17.7 Å². The second-order valence-electron chi connectivity index (χ2n) is 4.96. The van der Waals surface area contributed by atoms with Crippen LogP contribution in [0.3, 0.4) is 0 Å². The molecule has 0 unspecified atom stereocenters. The van der Waals surface area contributed by atoms with E-state index in [0.717, 1.165) is 24.7 Å². The molecule has 1 aliphatic carbocycles. The van der Waals surface area contributed by atoms with E-state index in [1.807, 2.05) is 0 Å². The van der Waals surface area contributed by atoms with Gasteiger partial charge in [0, 0.05) is 29.8 Å². The van der Waals surface area contributed by atoms with Crippen LogP contribution in [0.5, 0.6) is 11.5 Å². The standard InChI is InChI=1S/C13H19NO4S/c1-17-10-7-12(19(3,15)16)11(18-2)6-9(10)13(8-14)4-5-13/h6-7H,4-5,8,14H2,1-3H3. The van der Waals surface area contributed by atoms with E-state index in [1.165, 1.54) is 20.3 Å². The molecule has 0 aliphatic heterocycles. The monoisotopic (exact) mass is 285 g/mol. The van der Waals surface area contributed by atoms with Crippen LogP contribution in [-0.2, 0) is 15.3 Å². The van der Waals surface area contributed by atoms with Crippen LogP contribution in [0.15, 0.2) is 17.0 Å². The molecule has 5 nitrogen and oxygen atoms in total. The predicted molar refractivity (Wildman–Crippen MR) is 72.6 cm³/mol. The molecule has 0 heterocycles. The summed E-state index contributed by atoms with van der Waals surface area (Å²) in [5.74, 6) is 0.905. The fourth-order valence-corrected chi connectivity index (χ4v) is 3.14. The predicted octanol–water partition coefficient (Wildman–Crippen LogP) is 1.10. The highest BCUT2D eigenvalue weighted by Gasteiger charge is 2.45. The summed E-state index contributed by atoms with van der Waals surface area (Å²) in [5, 5.41) is 0. The SMILES string of the molecule is COc1cc(S(C)(=O)=O)c(OC)cc1C1(CN)CC1. The van der Waals surface area contributed by atoms with Gasteiger partial charge in [0.25, 0.3) is 0 Å². The zero-order valence-electron chi connectivity index (χ0n) is 11.4. The summed E-state index contributed by atoms with van der Waals surface area (Å²) in [5.41, 5.74) is 6.67. The van der Waals surface area contributed by atoms with Crippen LogP contribution in [0, 0.1) is 0 Å². The van der Waals surface area contributed by atoms with Gasteiger partial charge in [0.2, 0.25) is 0 Å². The number of benzene rings is 1. The van der Waals surface area contributed by atoms with Gasteiger partial charge in [-0.05, 0) is 18.9 Å². The zero-order chi connectivity index (χ0) is 14.3. The largest absolute Gasteiger partial charge is 0.496 e. The lowest BCUT2D eigenvalue weighted by Gasteiger charge is -2.19. The maximum atomic E-state index is 11.8. The van der Waals surface area contributed by atoms with Crippen molar-refractivity contribution in [1.29, 1.82) is 0 Å². The average Bonchev–Trinajstić information content (AvgIpc) is 3.17. The van der Waals surface area contributed by atoms with Crippen molar-refractivity contribution in [2.24, 2.45) is 5.73 Å². The van der Waals surface area contributed by atoms with E-state index in [1.54, 1.807) is 6.07 Å². The van der Waals surface area contributed by atoms with Crippen LogP contribution in [-0.4, -0.2) is 35.4 Å². The van der Waals surface area contributed by atoms with Gasteiger partial charge in [-0.2, -0.15) is 0 Å². The lowest BCUT2D eigenvalue weighted by Crippen LogP contribution is -2.21. The lowest BCUT2D eigenvalue weighted by atomic mass is 9.95. The lowest BCUT2D eigenvalue weighted by molar-refractivity contribution is 0.385. The Balaban J connectivity index is 2.65. The van der Waals surface area contributed by atoms with Crippen molar-refractivity contribution in [3.8, 4) is 11.5 Å². The third kappa shape index (κ3) is 2.42. The molecule has 19 heavy (non-hydrogen) atoms. The summed E-state index contributed by atoms with van der Waals surface area (Å²) in [4.78, 5) is 0.142. The summed E-state index contributed by atoms with van der Waals surface area (Å²) >= 11 is 0. The molecular weight excluding hydrogens is 266 g/mol. The van der Waals surface area contributed by atoms with E-state index in [2.05, 4.69) is 0 Å². The Labute approximate surface area is 113 Å². The molecule has 1 saturated carbocycles. The molecule has 0 atom stereocenters. The van der Waals surface area contributed by atoms with Gasteiger partial charge in [0.1, 0.15) is 16.4 Å².